The molecule has 2 fully saturated rings. The van der Waals surface area contributed by atoms with Crippen molar-refractivity contribution in [1.82, 2.24) is 29.1 Å². The number of piperazine rings is 1. The van der Waals surface area contributed by atoms with Gasteiger partial charge in [0.05, 0.1) is 34.1 Å². The number of rotatable bonds is 7. The molecule has 1 saturated heterocycles. The molecule has 1 aromatic carbocycles. The number of nitrogens with zero attached hydrogens (tertiary/aromatic N) is 6. The number of amides is 3. The van der Waals surface area contributed by atoms with E-state index in [2.05, 4.69) is 15.4 Å². The predicted octanol–water partition coefficient (Wildman–Crippen LogP) is 4.06. The highest BCUT2D eigenvalue weighted by molar-refractivity contribution is 6.34. The molecule has 44 heavy (non-hydrogen) atoms. The van der Waals surface area contributed by atoms with E-state index in [9.17, 15) is 27.6 Å². The van der Waals surface area contributed by atoms with Crippen LogP contribution in [-0.2, 0) is 24.6 Å². The van der Waals surface area contributed by atoms with Gasteiger partial charge in [-0.25, -0.2) is 4.98 Å². The Morgan fingerprint density at radius 3 is 2.36 bits per heavy atom. The van der Waals surface area contributed by atoms with Crippen LogP contribution < -0.4 is 11.1 Å². The maximum atomic E-state index is 13.8. The highest BCUT2D eigenvalue weighted by atomic mass is 35.5. The van der Waals surface area contributed by atoms with Crippen molar-refractivity contribution in [2.75, 3.05) is 31.5 Å². The second-order valence-corrected chi connectivity index (χ2v) is 11.4. The second kappa shape index (κ2) is 13.2. The highest BCUT2D eigenvalue weighted by Gasteiger charge is 2.39. The van der Waals surface area contributed by atoms with Gasteiger partial charge in [-0.1, -0.05) is 18.0 Å². The van der Waals surface area contributed by atoms with Crippen LogP contribution in [0, 0.1) is 5.92 Å². The Balaban J connectivity index is 0.00000442. The van der Waals surface area contributed by atoms with Gasteiger partial charge in [-0.05, 0) is 43.9 Å². The Morgan fingerprint density at radius 1 is 1.14 bits per heavy atom. The standard InChI is InChI=1S/C28H32ClF3N8O3.ClH/c1-16(33)26(42)38-8-10-39(11-9-38)27(43)19-7-6-18(12-21(19)29)35-25(41)24-34-13-22(37(24)2)20-15-40(14-17-4-3-5-17)36-23(20)28(30,31)32;/h6-7,12-13,15-17H,3-5,8-11,14,33H2,1-2H3,(H,35,41);1H. The normalized spacial score (nSPS) is 16.2. The lowest BCUT2D eigenvalue weighted by Gasteiger charge is -2.35. The molecule has 1 saturated carbocycles. The van der Waals surface area contributed by atoms with E-state index in [1.165, 1.54) is 46.9 Å². The van der Waals surface area contributed by atoms with Gasteiger partial charge in [0.1, 0.15) is 0 Å². The van der Waals surface area contributed by atoms with Gasteiger partial charge in [0, 0.05) is 51.7 Å². The number of hydrogen-bond acceptors (Lipinski definition) is 6. The number of imidazole rings is 1. The third-order valence-corrected chi connectivity index (χ3v) is 8.21. The van der Waals surface area contributed by atoms with Gasteiger partial charge in [0.2, 0.25) is 5.91 Å². The summed E-state index contributed by atoms with van der Waals surface area (Å²) in [6, 6.07) is 3.78. The van der Waals surface area contributed by atoms with Crippen LogP contribution in [0.15, 0.2) is 30.6 Å². The van der Waals surface area contributed by atoms with Crippen molar-refractivity contribution in [3.63, 3.8) is 0 Å². The molecule has 2 aromatic heterocycles. The largest absolute Gasteiger partial charge is 0.435 e. The summed E-state index contributed by atoms with van der Waals surface area (Å²) in [5, 5.41) is 6.55. The number of aromatic nitrogens is 4. The van der Waals surface area contributed by atoms with E-state index in [0.29, 0.717) is 38.6 Å². The number of nitrogens with two attached hydrogens (primary N) is 1. The molecule has 3 aromatic rings. The number of benzene rings is 1. The van der Waals surface area contributed by atoms with Crippen molar-refractivity contribution in [1.29, 1.82) is 0 Å². The van der Waals surface area contributed by atoms with Crippen molar-refractivity contribution in [2.45, 2.75) is 44.9 Å². The molecule has 1 atom stereocenters. The van der Waals surface area contributed by atoms with Crippen LogP contribution in [0.5, 0.6) is 0 Å². The van der Waals surface area contributed by atoms with Gasteiger partial charge in [-0.2, -0.15) is 18.3 Å². The first-order chi connectivity index (χ1) is 20.3. The smallest absolute Gasteiger partial charge is 0.338 e. The minimum absolute atomic E-state index is 0. The minimum atomic E-state index is -4.68. The summed E-state index contributed by atoms with van der Waals surface area (Å²) in [5.74, 6) is -0.983. The summed E-state index contributed by atoms with van der Waals surface area (Å²) in [6.07, 6.45) is 0.859. The fraction of sp³-hybridized carbons (Fsp3) is 0.464. The number of carbonyl (C=O) groups is 3. The first-order valence-electron chi connectivity index (χ1n) is 13.9. The van der Waals surface area contributed by atoms with Gasteiger partial charge in [0.15, 0.2) is 11.5 Å². The molecule has 2 aliphatic rings. The van der Waals surface area contributed by atoms with Crippen molar-refractivity contribution in [3.8, 4) is 11.3 Å². The summed E-state index contributed by atoms with van der Waals surface area (Å²) in [6.45, 7) is 3.37. The van der Waals surface area contributed by atoms with Crippen molar-refractivity contribution in [2.24, 2.45) is 18.7 Å². The van der Waals surface area contributed by atoms with Crippen LogP contribution in [0.4, 0.5) is 18.9 Å². The number of nitrogens with one attached hydrogen (secondary N) is 1. The maximum Gasteiger partial charge on any atom is 0.435 e. The highest BCUT2D eigenvalue weighted by Crippen LogP contribution is 2.37. The topological polar surface area (TPSA) is 131 Å². The van der Waals surface area contributed by atoms with E-state index in [0.717, 1.165) is 19.3 Å². The fourth-order valence-corrected chi connectivity index (χ4v) is 5.53. The molecule has 3 amide bonds. The van der Waals surface area contributed by atoms with Crippen LogP contribution in [0.25, 0.3) is 11.3 Å². The summed E-state index contributed by atoms with van der Waals surface area (Å²) in [5.41, 5.74) is 5.07. The minimum Gasteiger partial charge on any atom is -0.338 e. The fourth-order valence-electron chi connectivity index (χ4n) is 5.26. The number of anilines is 1. The Hall–Kier alpha value is -3.62. The molecule has 0 radical (unpaired) electrons. The number of alkyl halides is 3. The molecular weight excluding hydrogens is 624 g/mol. The molecule has 1 unspecified atom stereocenters. The van der Waals surface area contributed by atoms with Crippen molar-refractivity contribution >= 4 is 47.4 Å². The Labute approximate surface area is 262 Å². The zero-order valence-corrected chi connectivity index (χ0v) is 25.7. The van der Waals surface area contributed by atoms with Gasteiger partial charge >= 0.3 is 6.18 Å². The molecule has 16 heteroatoms. The summed E-state index contributed by atoms with van der Waals surface area (Å²) in [4.78, 5) is 45.5. The molecule has 0 spiro atoms. The monoisotopic (exact) mass is 656 g/mol. The lowest BCUT2D eigenvalue weighted by molar-refractivity contribution is -0.141. The quantitative estimate of drug-likeness (QED) is 0.394. The first-order valence-corrected chi connectivity index (χ1v) is 14.3. The molecule has 3 N–H and O–H groups in total. The molecule has 1 aliphatic carbocycles. The molecule has 3 heterocycles. The van der Waals surface area contributed by atoms with Gasteiger partial charge < -0.3 is 25.4 Å². The Kier molecular flexibility index (Phi) is 9.96. The zero-order valence-electron chi connectivity index (χ0n) is 24.1. The molecule has 1 aliphatic heterocycles. The number of hydrogen-bond donors (Lipinski definition) is 2. The van der Waals surface area contributed by atoms with Crippen molar-refractivity contribution in [3.05, 3.63) is 52.7 Å². The van der Waals surface area contributed by atoms with Crippen LogP contribution >= 0.6 is 24.0 Å². The van der Waals surface area contributed by atoms with Gasteiger partial charge in [-0.15, -0.1) is 12.4 Å². The predicted molar refractivity (Wildman–Crippen MR) is 160 cm³/mol. The summed E-state index contributed by atoms with van der Waals surface area (Å²) >= 11 is 6.41. The molecule has 238 valence electrons. The zero-order chi connectivity index (χ0) is 31.1. The van der Waals surface area contributed by atoms with Crippen LogP contribution in [0.1, 0.15) is 52.9 Å². The Morgan fingerprint density at radius 2 is 1.80 bits per heavy atom. The lowest BCUT2D eigenvalue weighted by atomic mass is 9.85. The van der Waals surface area contributed by atoms with Crippen molar-refractivity contribution < 1.29 is 27.6 Å². The number of halogens is 5. The Bertz CT molecular complexity index is 1540. The van der Waals surface area contributed by atoms with E-state index in [4.69, 9.17) is 17.3 Å². The van der Waals surface area contributed by atoms with E-state index in [1.807, 2.05) is 0 Å². The van der Waals surface area contributed by atoms with E-state index < -0.39 is 23.8 Å². The molecule has 5 rings (SSSR count). The summed E-state index contributed by atoms with van der Waals surface area (Å²) < 4.78 is 44.1. The average molecular weight is 658 g/mol. The second-order valence-electron chi connectivity index (χ2n) is 11.0. The lowest BCUT2D eigenvalue weighted by Crippen LogP contribution is -2.53. The maximum absolute atomic E-state index is 13.8. The van der Waals surface area contributed by atoms with E-state index >= 15 is 0 Å². The first kappa shape index (κ1) is 33.3. The molecule has 11 nitrogen and oxygen atoms in total. The third kappa shape index (κ3) is 6.87. The summed E-state index contributed by atoms with van der Waals surface area (Å²) in [7, 11) is 1.46. The SMILES string of the molecule is CC(N)C(=O)N1CCN(C(=O)c2ccc(NC(=O)c3ncc(-c4cn(CC5CCC5)nc4C(F)(F)F)n3C)cc2Cl)CC1.Cl. The third-order valence-electron chi connectivity index (χ3n) is 7.89. The average Bonchev–Trinajstić information content (AvgIpc) is 3.53. The van der Waals surface area contributed by atoms with Gasteiger partial charge in [-0.3, -0.25) is 19.1 Å². The number of carbonyl (C=O) groups excluding carboxylic acids is 3. The van der Waals surface area contributed by atoms with E-state index in [-0.39, 0.29) is 57.6 Å². The van der Waals surface area contributed by atoms with Crippen LogP contribution in [0.2, 0.25) is 5.02 Å². The van der Waals surface area contributed by atoms with E-state index in [1.54, 1.807) is 16.7 Å². The van der Waals surface area contributed by atoms with Crippen LogP contribution in [0.3, 0.4) is 0 Å². The molecule has 0 bridgehead atoms. The van der Waals surface area contributed by atoms with Crippen LogP contribution in [-0.4, -0.2) is 79.1 Å². The van der Waals surface area contributed by atoms with Gasteiger partial charge in [0.25, 0.3) is 11.8 Å². The molecular formula is C28H33Cl2F3N8O3.